The topological polar surface area (TPSA) is 82.1 Å². The second-order valence-corrected chi connectivity index (χ2v) is 9.85. The molecular formula is C21H28O6. The molecule has 6 nitrogen and oxygen atoms in total. The maximum atomic E-state index is 13.3. The lowest BCUT2D eigenvalue weighted by atomic mass is 9.43. The molecular weight excluding hydrogens is 348 g/mol. The summed E-state index contributed by atoms with van der Waals surface area (Å²) in [5.74, 6) is -1.03. The Hall–Kier alpha value is -1.24. The number of ether oxygens (including phenoxy) is 3. The van der Waals surface area contributed by atoms with Crippen molar-refractivity contribution in [1.29, 1.82) is 0 Å². The van der Waals surface area contributed by atoms with Gasteiger partial charge in [0.1, 0.15) is 11.5 Å². The molecule has 1 N–H and O–H groups in total. The van der Waals surface area contributed by atoms with Crippen LogP contribution in [-0.2, 0) is 23.8 Å². The van der Waals surface area contributed by atoms with Crippen LogP contribution < -0.4 is 0 Å². The predicted molar refractivity (Wildman–Crippen MR) is 94.1 cm³/mol. The second-order valence-electron chi connectivity index (χ2n) is 9.85. The summed E-state index contributed by atoms with van der Waals surface area (Å²) in [7, 11) is 1.57. The van der Waals surface area contributed by atoms with Crippen LogP contribution in [0.5, 0.6) is 0 Å². The zero-order valence-electron chi connectivity index (χ0n) is 16.2. The number of aliphatic hydroxyl groups excluding tert-OH is 1. The highest BCUT2D eigenvalue weighted by molar-refractivity contribution is 6.15. The van der Waals surface area contributed by atoms with Crippen LogP contribution in [0.3, 0.4) is 0 Å². The molecule has 3 aliphatic carbocycles. The SMILES string of the molecule is C=C1C(=O)[C@]23C[C@H]1CC[C@H]2[C@@]12[C@H](OC)O[C@@H](O)[C@@H]1C(C)(C)CC[C@@H]2OC3=O. The fraction of sp³-hybridized carbons (Fsp3) is 0.810. The van der Waals surface area contributed by atoms with Gasteiger partial charge in [0.15, 0.2) is 18.4 Å². The zero-order chi connectivity index (χ0) is 19.4. The maximum Gasteiger partial charge on any atom is 0.320 e. The number of rotatable bonds is 1. The first-order chi connectivity index (χ1) is 12.7. The molecule has 5 aliphatic rings. The Kier molecular flexibility index (Phi) is 3.45. The molecule has 5 rings (SSSR count). The number of esters is 1. The fourth-order valence-electron chi connectivity index (χ4n) is 7.56. The molecule has 2 aliphatic heterocycles. The Balaban J connectivity index is 1.75. The summed E-state index contributed by atoms with van der Waals surface area (Å²) in [4.78, 5) is 26.5. The molecule has 0 amide bonds. The zero-order valence-corrected chi connectivity index (χ0v) is 16.2. The number of allylic oxidation sites excluding steroid dienone is 1. The smallest absolute Gasteiger partial charge is 0.320 e. The van der Waals surface area contributed by atoms with Gasteiger partial charge in [-0.15, -0.1) is 0 Å². The number of ketones is 1. The minimum Gasteiger partial charge on any atom is -0.461 e. The number of aliphatic hydroxyl groups is 1. The Bertz CT molecular complexity index is 743. The highest BCUT2D eigenvalue weighted by Crippen LogP contribution is 2.72. The van der Waals surface area contributed by atoms with Gasteiger partial charge in [-0.25, -0.2) is 0 Å². The van der Waals surface area contributed by atoms with Gasteiger partial charge in [-0.2, -0.15) is 0 Å². The third kappa shape index (κ3) is 1.79. The molecule has 2 saturated heterocycles. The van der Waals surface area contributed by atoms with Crippen molar-refractivity contribution in [1.82, 2.24) is 0 Å². The molecule has 2 spiro atoms. The lowest BCUT2D eigenvalue weighted by Gasteiger charge is -2.62. The standard InChI is InChI=1S/C21H28O6/c1-10-11-5-6-12-20(9-11,15(10)22)17(24)26-13-7-8-19(2,3)14-16(23)27-18(25-4)21(12,13)14/h11-14,16,18,23H,1,5-9H2,2-4H3/t11-,12-,13+,14-,16-,18-,20+,21+/m1/s1. The number of hydrogen-bond acceptors (Lipinski definition) is 6. The van der Waals surface area contributed by atoms with Crippen molar-refractivity contribution in [2.75, 3.05) is 7.11 Å². The average Bonchev–Trinajstić information content (AvgIpc) is 3.04. The lowest BCUT2D eigenvalue weighted by Crippen LogP contribution is -2.70. The third-order valence-corrected chi connectivity index (χ3v) is 8.53. The average molecular weight is 376 g/mol. The van der Waals surface area contributed by atoms with Crippen LogP contribution in [0.1, 0.15) is 46.0 Å². The van der Waals surface area contributed by atoms with Gasteiger partial charge in [-0.1, -0.05) is 20.4 Å². The minimum atomic E-state index is -1.19. The van der Waals surface area contributed by atoms with E-state index >= 15 is 0 Å². The molecule has 2 heterocycles. The summed E-state index contributed by atoms with van der Waals surface area (Å²) in [5, 5.41) is 10.9. The van der Waals surface area contributed by atoms with Crippen LogP contribution in [0.25, 0.3) is 0 Å². The number of carbonyl (C=O) groups excluding carboxylic acids is 2. The molecule has 0 unspecified atom stereocenters. The van der Waals surface area contributed by atoms with Crippen molar-refractivity contribution in [3.63, 3.8) is 0 Å². The molecule has 0 aromatic heterocycles. The van der Waals surface area contributed by atoms with Crippen molar-refractivity contribution in [2.45, 2.75) is 64.6 Å². The van der Waals surface area contributed by atoms with Crippen LogP contribution in [0.15, 0.2) is 12.2 Å². The summed E-state index contributed by atoms with van der Waals surface area (Å²) in [6.45, 7) is 8.26. The highest BCUT2D eigenvalue weighted by Gasteiger charge is 2.80. The molecule has 5 fully saturated rings. The number of methoxy groups -OCH3 is 1. The third-order valence-electron chi connectivity index (χ3n) is 8.53. The van der Waals surface area contributed by atoms with E-state index in [-0.39, 0.29) is 29.0 Å². The van der Waals surface area contributed by atoms with Gasteiger partial charge in [-0.3, -0.25) is 9.59 Å². The van der Waals surface area contributed by atoms with Gasteiger partial charge in [-0.05, 0) is 54.9 Å². The van der Waals surface area contributed by atoms with E-state index in [4.69, 9.17) is 14.2 Å². The summed E-state index contributed by atoms with van der Waals surface area (Å²) >= 11 is 0. The molecule has 6 heteroatoms. The fourth-order valence-corrected chi connectivity index (χ4v) is 7.56. The van der Waals surface area contributed by atoms with Crippen LogP contribution >= 0.6 is 0 Å². The van der Waals surface area contributed by atoms with Crippen LogP contribution in [0.4, 0.5) is 0 Å². The van der Waals surface area contributed by atoms with E-state index in [1.807, 2.05) is 0 Å². The van der Waals surface area contributed by atoms with E-state index in [1.54, 1.807) is 7.11 Å². The molecule has 0 aromatic carbocycles. The Morgan fingerprint density at radius 2 is 1.96 bits per heavy atom. The van der Waals surface area contributed by atoms with E-state index in [0.29, 0.717) is 18.4 Å². The Labute approximate surface area is 159 Å². The van der Waals surface area contributed by atoms with E-state index in [1.165, 1.54) is 0 Å². The Morgan fingerprint density at radius 3 is 2.67 bits per heavy atom. The van der Waals surface area contributed by atoms with Crippen LogP contribution in [0.2, 0.25) is 0 Å². The minimum absolute atomic E-state index is 0.0533. The molecule has 0 radical (unpaired) electrons. The lowest BCUT2D eigenvalue weighted by molar-refractivity contribution is -0.273. The Morgan fingerprint density at radius 1 is 1.22 bits per heavy atom. The largest absolute Gasteiger partial charge is 0.461 e. The van der Waals surface area contributed by atoms with Gasteiger partial charge in [0.2, 0.25) is 0 Å². The van der Waals surface area contributed by atoms with Gasteiger partial charge in [0, 0.05) is 13.0 Å². The van der Waals surface area contributed by atoms with Crippen molar-refractivity contribution < 1.29 is 28.9 Å². The van der Waals surface area contributed by atoms with Crippen molar-refractivity contribution in [3.05, 3.63) is 12.2 Å². The maximum absolute atomic E-state index is 13.3. The first-order valence-electron chi connectivity index (χ1n) is 10.0. The molecule has 2 bridgehead atoms. The first-order valence-corrected chi connectivity index (χ1v) is 10.0. The van der Waals surface area contributed by atoms with Gasteiger partial charge < -0.3 is 19.3 Å². The first kappa shape index (κ1) is 17.8. The van der Waals surface area contributed by atoms with Gasteiger partial charge >= 0.3 is 5.97 Å². The van der Waals surface area contributed by atoms with Gasteiger partial charge in [0.05, 0.1) is 5.41 Å². The number of carbonyl (C=O) groups is 2. The van der Waals surface area contributed by atoms with Crippen molar-refractivity contribution in [3.8, 4) is 0 Å². The molecule has 27 heavy (non-hydrogen) atoms. The monoisotopic (exact) mass is 376 g/mol. The molecule has 148 valence electrons. The summed E-state index contributed by atoms with van der Waals surface area (Å²) < 4.78 is 17.7. The van der Waals surface area contributed by atoms with Crippen LogP contribution in [-0.4, -0.2) is 42.7 Å². The number of hydrogen-bond donors (Lipinski definition) is 1. The number of fused-ring (bicyclic) bond motifs is 1. The second kappa shape index (κ2) is 5.22. The molecule has 0 aromatic rings. The normalized spacial score (nSPS) is 52.8. The predicted octanol–water partition coefficient (Wildman–Crippen LogP) is 2.20. The highest BCUT2D eigenvalue weighted by atomic mass is 16.7. The molecule has 8 atom stereocenters. The summed E-state index contributed by atoms with van der Waals surface area (Å²) in [5.41, 5.74) is -1.56. The van der Waals surface area contributed by atoms with E-state index < -0.39 is 35.5 Å². The van der Waals surface area contributed by atoms with Gasteiger partial charge in [0.25, 0.3) is 0 Å². The quantitative estimate of drug-likeness (QED) is 0.429. The van der Waals surface area contributed by atoms with E-state index in [2.05, 4.69) is 20.4 Å². The van der Waals surface area contributed by atoms with Crippen LogP contribution in [0, 0.1) is 34.0 Å². The van der Waals surface area contributed by atoms with E-state index in [0.717, 1.165) is 19.3 Å². The van der Waals surface area contributed by atoms with E-state index in [9.17, 15) is 14.7 Å². The summed E-state index contributed by atoms with van der Waals surface area (Å²) in [6, 6.07) is 0. The van der Waals surface area contributed by atoms with Crippen molar-refractivity contribution >= 4 is 11.8 Å². The molecule has 3 saturated carbocycles. The van der Waals surface area contributed by atoms with Crippen molar-refractivity contribution in [2.24, 2.45) is 34.0 Å². The summed E-state index contributed by atoms with van der Waals surface area (Å²) in [6.07, 6.45) is 1.44. The number of Topliss-reactive ketones (excluding diaryl/α,β-unsaturated/α-hetero) is 1.